The Balaban J connectivity index is 1.50. The van der Waals surface area contributed by atoms with Gasteiger partial charge in [0.15, 0.2) is 0 Å². The highest BCUT2D eigenvalue weighted by Crippen LogP contribution is 2.26. The maximum absolute atomic E-state index is 12.4. The van der Waals surface area contributed by atoms with Gasteiger partial charge < -0.3 is 14.8 Å². The van der Waals surface area contributed by atoms with Gasteiger partial charge in [0.1, 0.15) is 24.7 Å². The fourth-order valence-corrected chi connectivity index (χ4v) is 2.77. The Morgan fingerprint density at radius 3 is 2.38 bits per heavy atom. The molecule has 0 bridgehead atoms. The third-order valence-electron chi connectivity index (χ3n) is 4.22. The molecule has 0 aliphatic carbocycles. The van der Waals surface area contributed by atoms with Crippen LogP contribution in [0, 0.1) is 10.1 Å². The number of imide groups is 1. The zero-order valence-corrected chi connectivity index (χ0v) is 15.4. The van der Waals surface area contributed by atoms with E-state index in [0.29, 0.717) is 11.5 Å². The monoisotopic (exact) mass is 399 g/mol. The van der Waals surface area contributed by atoms with Gasteiger partial charge in [0.05, 0.1) is 29.7 Å². The average molecular weight is 399 g/mol. The number of non-ortho nitro benzene ring substituents is 1. The summed E-state index contributed by atoms with van der Waals surface area (Å²) in [5.41, 5.74) is -0.344. The smallest absolute Gasteiger partial charge is 0.270 e. The lowest BCUT2D eigenvalue weighted by Gasteiger charge is -2.14. The molecule has 2 aromatic rings. The van der Waals surface area contributed by atoms with Crippen LogP contribution in [-0.2, 0) is 4.79 Å². The van der Waals surface area contributed by atoms with E-state index in [1.54, 1.807) is 31.4 Å². The van der Waals surface area contributed by atoms with Crippen LogP contribution in [-0.4, -0.2) is 54.4 Å². The topological polar surface area (TPSA) is 128 Å². The quantitative estimate of drug-likeness (QED) is 0.307. The van der Waals surface area contributed by atoms with E-state index in [2.05, 4.69) is 5.32 Å². The first-order valence-corrected chi connectivity index (χ1v) is 8.59. The van der Waals surface area contributed by atoms with Gasteiger partial charge in [-0.05, 0) is 30.3 Å². The van der Waals surface area contributed by atoms with Gasteiger partial charge in [-0.25, -0.2) is 0 Å². The number of ether oxygens (including phenoxy) is 2. The number of hydrogen-bond donors (Lipinski definition) is 1. The number of rotatable bonds is 8. The molecule has 0 aromatic heterocycles. The van der Waals surface area contributed by atoms with Gasteiger partial charge in [-0.3, -0.25) is 29.4 Å². The summed E-state index contributed by atoms with van der Waals surface area (Å²) in [5.74, 6) is -0.658. The summed E-state index contributed by atoms with van der Waals surface area (Å²) >= 11 is 0. The number of nitro groups is 1. The number of methoxy groups -OCH3 is 1. The molecule has 0 fully saturated rings. The minimum Gasteiger partial charge on any atom is -0.497 e. The predicted molar refractivity (Wildman–Crippen MR) is 100.0 cm³/mol. The second-order valence-corrected chi connectivity index (χ2v) is 6.06. The van der Waals surface area contributed by atoms with Crippen molar-refractivity contribution < 1.29 is 28.8 Å². The van der Waals surface area contributed by atoms with E-state index in [9.17, 15) is 24.5 Å². The van der Waals surface area contributed by atoms with Crippen molar-refractivity contribution in [3.05, 3.63) is 63.7 Å². The molecule has 1 N–H and O–H groups in total. The van der Waals surface area contributed by atoms with E-state index in [4.69, 9.17) is 9.47 Å². The molecule has 0 radical (unpaired) electrons. The first kappa shape index (κ1) is 19.8. The van der Waals surface area contributed by atoms with E-state index < -0.39 is 29.2 Å². The molecule has 3 amide bonds. The summed E-state index contributed by atoms with van der Waals surface area (Å²) in [4.78, 5) is 47.7. The van der Waals surface area contributed by atoms with Gasteiger partial charge in [-0.15, -0.1) is 0 Å². The van der Waals surface area contributed by atoms with E-state index in [1.165, 1.54) is 6.07 Å². The van der Waals surface area contributed by atoms with Gasteiger partial charge in [0, 0.05) is 12.1 Å². The lowest BCUT2D eigenvalue weighted by atomic mass is 10.1. The maximum atomic E-state index is 12.4. The summed E-state index contributed by atoms with van der Waals surface area (Å²) in [5, 5.41) is 13.4. The Morgan fingerprint density at radius 2 is 1.72 bits per heavy atom. The Kier molecular flexibility index (Phi) is 5.72. The van der Waals surface area contributed by atoms with Crippen molar-refractivity contribution in [2.24, 2.45) is 0 Å². The second kappa shape index (κ2) is 8.38. The Hall–Kier alpha value is -3.95. The van der Waals surface area contributed by atoms with Gasteiger partial charge >= 0.3 is 0 Å². The SMILES string of the molecule is COc1ccc(OCCNC(=O)CN2C(=O)c3ccc([N+](=O)[O-])cc3C2=O)cc1. The van der Waals surface area contributed by atoms with Gasteiger partial charge in [-0.2, -0.15) is 0 Å². The number of nitrogens with zero attached hydrogens (tertiary/aromatic N) is 2. The molecule has 0 saturated carbocycles. The molecule has 1 aliphatic heterocycles. The predicted octanol–water partition coefficient (Wildman–Crippen LogP) is 1.39. The molecule has 3 rings (SSSR count). The van der Waals surface area contributed by atoms with Crippen molar-refractivity contribution in [1.82, 2.24) is 10.2 Å². The van der Waals surface area contributed by atoms with Crippen molar-refractivity contribution in [2.75, 3.05) is 26.8 Å². The fourth-order valence-electron chi connectivity index (χ4n) is 2.77. The number of nitrogens with one attached hydrogen (secondary N) is 1. The molecule has 1 heterocycles. The number of amides is 3. The zero-order valence-electron chi connectivity index (χ0n) is 15.4. The number of carbonyl (C=O) groups is 3. The first-order chi connectivity index (χ1) is 13.9. The lowest BCUT2D eigenvalue weighted by molar-refractivity contribution is -0.384. The van der Waals surface area contributed by atoms with E-state index in [0.717, 1.165) is 17.0 Å². The molecule has 150 valence electrons. The highest BCUT2D eigenvalue weighted by molar-refractivity contribution is 6.22. The normalized spacial score (nSPS) is 12.5. The minimum absolute atomic E-state index is 0.0382. The van der Waals surface area contributed by atoms with Crippen LogP contribution >= 0.6 is 0 Å². The number of nitro benzene ring substituents is 1. The van der Waals surface area contributed by atoms with Crippen molar-refractivity contribution in [1.29, 1.82) is 0 Å². The Morgan fingerprint density at radius 1 is 1.07 bits per heavy atom. The summed E-state index contributed by atoms with van der Waals surface area (Å²) in [6, 6.07) is 10.3. The van der Waals surface area contributed by atoms with Crippen LogP contribution in [0.5, 0.6) is 11.5 Å². The molecule has 0 atom stereocenters. The Labute approximate surface area is 165 Å². The van der Waals surface area contributed by atoms with Crippen molar-refractivity contribution in [3.63, 3.8) is 0 Å². The highest BCUT2D eigenvalue weighted by atomic mass is 16.6. The molecule has 1 aliphatic rings. The molecule has 29 heavy (non-hydrogen) atoms. The summed E-state index contributed by atoms with van der Waals surface area (Å²) < 4.78 is 10.5. The molecule has 0 unspecified atom stereocenters. The van der Waals surface area contributed by atoms with Crippen LogP contribution in [0.3, 0.4) is 0 Å². The van der Waals surface area contributed by atoms with Crippen LogP contribution < -0.4 is 14.8 Å². The van der Waals surface area contributed by atoms with Crippen LogP contribution in [0.2, 0.25) is 0 Å². The third-order valence-corrected chi connectivity index (χ3v) is 4.22. The molecular weight excluding hydrogens is 382 g/mol. The van der Waals surface area contributed by atoms with Crippen molar-refractivity contribution in [3.8, 4) is 11.5 Å². The highest BCUT2D eigenvalue weighted by Gasteiger charge is 2.37. The summed E-state index contributed by atoms with van der Waals surface area (Å²) in [6.45, 7) is -0.130. The van der Waals surface area contributed by atoms with E-state index >= 15 is 0 Å². The maximum Gasteiger partial charge on any atom is 0.270 e. The second-order valence-electron chi connectivity index (χ2n) is 6.06. The van der Waals surface area contributed by atoms with Crippen LogP contribution in [0.25, 0.3) is 0 Å². The molecule has 0 saturated heterocycles. The molecule has 10 nitrogen and oxygen atoms in total. The van der Waals surface area contributed by atoms with Crippen LogP contribution in [0.15, 0.2) is 42.5 Å². The summed E-state index contributed by atoms with van der Waals surface area (Å²) in [6.07, 6.45) is 0. The van der Waals surface area contributed by atoms with Crippen LogP contribution in [0.1, 0.15) is 20.7 Å². The van der Waals surface area contributed by atoms with Gasteiger partial charge in [-0.1, -0.05) is 0 Å². The van der Waals surface area contributed by atoms with Crippen LogP contribution in [0.4, 0.5) is 5.69 Å². The molecule has 2 aromatic carbocycles. The number of carbonyl (C=O) groups excluding carboxylic acids is 3. The molecular formula is C19H17N3O7. The number of benzene rings is 2. The fraction of sp³-hybridized carbons (Fsp3) is 0.211. The van der Waals surface area contributed by atoms with E-state index in [1.807, 2.05) is 0 Å². The van der Waals surface area contributed by atoms with Crippen molar-refractivity contribution in [2.45, 2.75) is 0 Å². The average Bonchev–Trinajstić information content (AvgIpc) is 2.96. The minimum atomic E-state index is -0.738. The third kappa shape index (κ3) is 4.32. The van der Waals surface area contributed by atoms with Gasteiger partial charge in [0.25, 0.3) is 17.5 Å². The Bertz CT molecular complexity index is 972. The standard InChI is InChI=1S/C19H17N3O7/c1-28-13-3-5-14(6-4-13)29-9-8-20-17(23)11-21-18(24)15-7-2-12(22(26)27)10-16(15)19(21)25/h2-7,10H,8-9,11H2,1H3,(H,20,23). The van der Waals surface area contributed by atoms with Crippen molar-refractivity contribution >= 4 is 23.4 Å². The number of fused-ring (bicyclic) bond motifs is 1. The lowest BCUT2D eigenvalue weighted by Crippen LogP contribution is -2.41. The summed E-state index contributed by atoms with van der Waals surface area (Å²) in [7, 11) is 1.56. The molecule has 0 spiro atoms. The largest absolute Gasteiger partial charge is 0.497 e. The zero-order chi connectivity index (χ0) is 21.0. The number of hydrogen-bond acceptors (Lipinski definition) is 7. The molecule has 10 heteroatoms. The first-order valence-electron chi connectivity index (χ1n) is 8.59. The van der Waals surface area contributed by atoms with Gasteiger partial charge in [0.2, 0.25) is 5.91 Å². The van der Waals surface area contributed by atoms with E-state index in [-0.39, 0.29) is 30.0 Å².